The van der Waals surface area contributed by atoms with E-state index in [4.69, 9.17) is 14.6 Å². The summed E-state index contributed by atoms with van der Waals surface area (Å²) in [5.74, 6) is -0.350. The average molecular weight is 253 g/mol. The SMILES string of the molecule is COc1ccc(C(=O)O)c(NCCOC(C)C)c1. The second kappa shape index (κ2) is 6.86. The maximum Gasteiger partial charge on any atom is 0.337 e. The van der Waals surface area contributed by atoms with E-state index in [0.29, 0.717) is 24.6 Å². The Kier molecular flexibility index (Phi) is 5.45. The number of anilines is 1. The molecule has 0 aliphatic carbocycles. The van der Waals surface area contributed by atoms with Crippen molar-refractivity contribution < 1.29 is 19.4 Å². The van der Waals surface area contributed by atoms with Gasteiger partial charge in [0.15, 0.2) is 0 Å². The molecule has 0 saturated heterocycles. The molecule has 0 fully saturated rings. The molecule has 0 amide bonds. The molecule has 5 nitrogen and oxygen atoms in total. The summed E-state index contributed by atoms with van der Waals surface area (Å²) in [6.07, 6.45) is 0.163. The normalized spacial score (nSPS) is 10.4. The Bertz CT molecular complexity index is 404. The van der Waals surface area contributed by atoms with Gasteiger partial charge in [-0.05, 0) is 26.0 Å². The number of ether oxygens (including phenoxy) is 2. The van der Waals surface area contributed by atoms with E-state index < -0.39 is 5.97 Å². The number of carboxylic acids is 1. The smallest absolute Gasteiger partial charge is 0.337 e. The van der Waals surface area contributed by atoms with Crippen LogP contribution in [-0.4, -0.2) is 37.4 Å². The van der Waals surface area contributed by atoms with Gasteiger partial charge in [-0.15, -0.1) is 0 Å². The number of rotatable bonds is 7. The summed E-state index contributed by atoms with van der Waals surface area (Å²) in [6, 6.07) is 4.81. The standard InChI is InChI=1S/C13H19NO4/c1-9(2)18-7-6-14-12-8-10(17-3)4-5-11(12)13(15)16/h4-5,8-9,14H,6-7H2,1-3H3,(H,15,16). The van der Waals surface area contributed by atoms with Crippen molar-refractivity contribution >= 4 is 11.7 Å². The van der Waals surface area contributed by atoms with Crippen LogP contribution in [0.25, 0.3) is 0 Å². The van der Waals surface area contributed by atoms with Crippen LogP contribution in [0.5, 0.6) is 5.75 Å². The number of nitrogens with one attached hydrogen (secondary N) is 1. The first-order valence-electron chi connectivity index (χ1n) is 5.81. The summed E-state index contributed by atoms with van der Waals surface area (Å²) in [6.45, 7) is 4.97. The molecular weight excluding hydrogens is 234 g/mol. The number of carbonyl (C=O) groups is 1. The van der Waals surface area contributed by atoms with Crippen LogP contribution >= 0.6 is 0 Å². The van der Waals surface area contributed by atoms with Gasteiger partial charge in [0, 0.05) is 12.6 Å². The summed E-state index contributed by atoms with van der Waals surface area (Å²) >= 11 is 0. The molecule has 2 N–H and O–H groups in total. The van der Waals surface area contributed by atoms with E-state index in [1.165, 1.54) is 6.07 Å². The molecule has 0 radical (unpaired) electrons. The predicted octanol–water partition coefficient (Wildman–Crippen LogP) is 2.23. The van der Waals surface area contributed by atoms with Crippen LogP contribution in [0.3, 0.4) is 0 Å². The lowest BCUT2D eigenvalue weighted by Crippen LogP contribution is -2.15. The van der Waals surface area contributed by atoms with E-state index in [2.05, 4.69) is 5.32 Å². The Morgan fingerprint density at radius 1 is 1.44 bits per heavy atom. The van der Waals surface area contributed by atoms with E-state index >= 15 is 0 Å². The summed E-state index contributed by atoms with van der Waals surface area (Å²) in [5.41, 5.74) is 0.759. The van der Waals surface area contributed by atoms with Crippen LogP contribution in [0, 0.1) is 0 Å². The zero-order valence-electron chi connectivity index (χ0n) is 10.9. The van der Waals surface area contributed by atoms with Crippen molar-refractivity contribution in [1.29, 1.82) is 0 Å². The van der Waals surface area contributed by atoms with Gasteiger partial charge >= 0.3 is 5.97 Å². The first-order chi connectivity index (χ1) is 8.54. The molecule has 5 heteroatoms. The Morgan fingerprint density at radius 3 is 2.72 bits per heavy atom. The third kappa shape index (κ3) is 4.25. The molecule has 0 atom stereocenters. The number of aromatic carboxylic acids is 1. The third-order valence-corrected chi connectivity index (χ3v) is 2.33. The van der Waals surface area contributed by atoms with Crippen molar-refractivity contribution in [2.75, 3.05) is 25.6 Å². The van der Waals surface area contributed by atoms with Crippen LogP contribution < -0.4 is 10.1 Å². The number of methoxy groups -OCH3 is 1. The van der Waals surface area contributed by atoms with Crippen molar-refractivity contribution in [1.82, 2.24) is 0 Å². The molecule has 0 spiro atoms. The predicted molar refractivity (Wildman–Crippen MR) is 69.5 cm³/mol. The van der Waals surface area contributed by atoms with E-state index in [0.717, 1.165) is 0 Å². The van der Waals surface area contributed by atoms with Gasteiger partial charge in [-0.1, -0.05) is 0 Å². The van der Waals surface area contributed by atoms with Crippen molar-refractivity contribution in [3.8, 4) is 5.75 Å². The van der Waals surface area contributed by atoms with E-state index in [1.54, 1.807) is 19.2 Å². The highest BCUT2D eigenvalue weighted by molar-refractivity contribution is 5.94. The van der Waals surface area contributed by atoms with Gasteiger partial charge in [0.2, 0.25) is 0 Å². The second-order valence-electron chi connectivity index (χ2n) is 4.06. The first-order valence-corrected chi connectivity index (χ1v) is 5.81. The Morgan fingerprint density at radius 2 is 2.17 bits per heavy atom. The molecule has 0 unspecified atom stereocenters. The average Bonchev–Trinajstić information content (AvgIpc) is 2.33. The Labute approximate surface area is 107 Å². The molecule has 0 aliphatic heterocycles. The van der Waals surface area contributed by atoms with Gasteiger partial charge in [-0.25, -0.2) is 4.79 Å². The van der Waals surface area contributed by atoms with Gasteiger partial charge in [0.25, 0.3) is 0 Å². The Balaban J connectivity index is 2.69. The van der Waals surface area contributed by atoms with Crippen molar-refractivity contribution in [3.05, 3.63) is 23.8 Å². The summed E-state index contributed by atoms with van der Waals surface area (Å²) in [7, 11) is 1.54. The minimum absolute atomic E-state index is 0.163. The topological polar surface area (TPSA) is 67.8 Å². The first kappa shape index (κ1) is 14.3. The molecule has 1 aromatic carbocycles. The van der Waals surface area contributed by atoms with E-state index in [9.17, 15) is 4.79 Å². The highest BCUT2D eigenvalue weighted by atomic mass is 16.5. The second-order valence-corrected chi connectivity index (χ2v) is 4.06. The molecule has 1 rings (SSSR count). The molecule has 0 saturated carbocycles. The zero-order valence-corrected chi connectivity index (χ0v) is 10.9. The monoisotopic (exact) mass is 253 g/mol. The minimum atomic E-state index is -0.968. The summed E-state index contributed by atoms with van der Waals surface area (Å²) in [4.78, 5) is 11.1. The van der Waals surface area contributed by atoms with Crippen LogP contribution in [0.2, 0.25) is 0 Å². The minimum Gasteiger partial charge on any atom is -0.497 e. The van der Waals surface area contributed by atoms with Crippen LogP contribution in [-0.2, 0) is 4.74 Å². The lowest BCUT2D eigenvalue weighted by atomic mass is 10.1. The van der Waals surface area contributed by atoms with Crippen molar-refractivity contribution in [2.45, 2.75) is 20.0 Å². The fraction of sp³-hybridized carbons (Fsp3) is 0.462. The number of hydrogen-bond donors (Lipinski definition) is 2. The highest BCUT2D eigenvalue weighted by Gasteiger charge is 2.10. The summed E-state index contributed by atoms with van der Waals surface area (Å²) in [5, 5.41) is 12.1. The Hall–Kier alpha value is -1.75. The third-order valence-electron chi connectivity index (χ3n) is 2.33. The zero-order chi connectivity index (χ0) is 13.5. The molecule has 100 valence electrons. The number of carboxylic acid groups (broad SMARTS) is 1. The van der Waals surface area contributed by atoms with Crippen molar-refractivity contribution in [2.24, 2.45) is 0 Å². The maximum atomic E-state index is 11.1. The molecule has 0 aliphatic rings. The van der Waals surface area contributed by atoms with Gasteiger partial charge in [-0.3, -0.25) is 0 Å². The largest absolute Gasteiger partial charge is 0.497 e. The van der Waals surface area contributed by atoms with Crippen LogP contribution in [0.1, 0.15) is 24.2 Å². The molecule has 18 heavy (non-hydrogen) atoms. The fourth-order valence-electron chi connectivity index (χ4n) is 1.46. The van der Waals surface area contributed by atoms with Gasteiger partial charge < -0.3 is 19.9 Å². The molecule has 0 bridgehead atoms. The number of hydrogen-bond acceptors (Lipinski definition) is 4. The van der Waals surface area contributed by atoms with Gasteiger partial charge in [0.1, 0.15) is 5.75 Å². The quantitative estimate of drug-likeness (QED) is 0.729. The van der Waals surface area contributed by atoms with E-state index in [-0.39, 0.29) is 11.7 Å². The van der Waals surface area contributed by atoms with Crippen LogP contribution in [0.15, 0.2) is 18.2 Å². The molecular formula is C13H19NO4. The molecule has 0 heterocycles. The maximum absolute atomic E-state index is 11.1. The molecule has 1 aromatic rings. The van der Waals surface area contributed by atoms with Crippen LogP contribution in [0.4, 0.5) is 5.69 Å². The molecule has 0 aromatic heterocycles. The van der Waals surface area contributed by atoms with Gasteiger partial charge in [0.05, 0.1) is 31.1 Å². The lowest BCUT2D eigenvalue weighted by molar-refractivity contribution is 0.0697. The van der Waals surface area contributed by atoms with E-state index in [1.807, 2.05) is 13.8 Å². The number of benzene rings is 1. The highest BCUT2D eigenvalue weighted by Crippen LogP contribution is 2.22. The fourth-order valence-corrected chi connectivity index (χ4v) is 1.46. The lowest BCUT2D eigenvalue weighted by Gasteiger charge is -2.12. The van der Waals surface area contributed by atoms with Crippen molar-refractivity contribution in [3.63, 3.8) is 0 Å². The summed E-state index contributed by atoms with van der Waals surface area (Å²) < 4.78 is 10.4. The van der Waals surface area contributed by atoms with Gasteiger partial charge in [-0.2, -0.15) is 0 Å².